The molecule has 0 spiro atoms. The first kappa shape index (κ1) is 14.1. The molecule has 21 heavy (non-hydrogen) atoms. The maximum atomic E-state index is 5.86. The zero-order valence-electron chi connectivity index (χ0n) is 10.9. The van der Waals surface area contributed by atoms with Crippen molar-refractivity contribution in [1.82, 2.24) is 10.1 Å². The van der Waals surface area contributed by atoms with Crippen LogP contribution in [0.3, 0.4) is 0 Å². The molecule has 1 aromatic heterocycles. The average Bonchev–Trinajstić information content (AvgIpc) is 2.96. The first-order chi connectivity index (χ1) is 10.2. The summed E-state index contributed by atoms with van der Waals surface area (Å²) >= 11 is 9.25. The lowest BCUT2D eigenvalue weighted by atomic mass is 10.2. The molecule has 0 saturated carbocycles. The van der Waals surface area contributed by atoms with Crippen molar-refractivity contribution in [3.05, 3.63) is 63.9 Å². The molecule has 2 aromatic carbocycles. The normalized spacial score (nSPS) is 10.6. The zero-order valence-corrected chi connectivity index (χ0v) is 13.2. The van der Waals surface area contributed by atoms with Gasteiger partial charge in [0, 0.05) is 20.7 Å². The minimum absolute atomic E-state index is 0.474. The van der Waals surface area contributed by atoms with Crippen LogP contribution in [0.5, 0.6) is 0 Å². The van der Waals surface area contributed by atoms with E-state index < -0.39 is 0 Å². The number of halogens is 2. The van der Waals surface area contributed by atoms with Crippen LogP contribution < -0.4 is 5.32 Å². The number of nitrogens with one attached hydrogen (secondary N) is 1. The molecule has 3 aromatic rings. The summed E-state index contributed by atoms with van der Waals surface area (Å²) in [6, 6.07) is 15.2. The highest BCUT2D eigenvalue weighted by molar-refractivity contribution is 9.10. The van der Waals surface area contributed by atoms with Crippen LogP contribution in [0, 0.1) is 0 Å². The lowest BCUT2D eigenvalue weighted by molar-refractivity contribution is 0.384. The van der Waals surface area contributed by atoms with E-state index >= 15 is 0 Å². The monoisotopic (exact) mass is 363 g/mol. The van der Waals surface area contributed by atoms with E-state index in [9.17, 15) is 0 Å². The highest BCUT2D eigenvalue weighted by atomic mass is 79.9. The second-order valence-electron chi connectivity index (χ2n) is 4.38. The van der Waals surface area contributed by atoms with Gasteiger partial charge < -0.3 is 9.84 Å². The van der Waals surface area contributed by atoms with Gasteiger partial charge >= 0.3 is 0 Å². The minimum atomic E-state index is 0.474. The Balaban J connectivity index is 1.67. The molecule has 0 amide bonds. The minimum Gasteiger partial charge on any atom is -0.376 e. The van der Waals surface area contributed by atoms with E-state index in [0.29, 0.717) is 23.3 Å². The molecule has 0 aliphatic rings. The molecule has 4 nitrogen and oxygen atoms in total. The first-order valence-corrected chi connectivity index (χ1v) is 7.46. The van der Waals surface area contributed by atoms with Crippen LogP contribution in [0.15, 0.2) is 57.5 Å². The smallest absolute Gasteiger partial charge is 0.246 e. The lowest BCUT2D eigenvalue weighted by Crippen LogP contribution is -1.99. The van der Waals surface area contributed by atoms with Gasteiger partial charge in [0.25, 0.3) is 0 Å². The maximum absolute atomic E-state index is 5.86. The van der Waals surface area contributed by atoms with Crippen molar-refractivity contribution in [2.24, 2.45) is 0 Å². The molecule has 1 heterocycles. The third-order valence-electron chi connectivity index (χ3n) is 2.86. The van der Waals surface area contributed by atoms with Gasteiger partial charge in [0.15, 0.2) is 0 Å². The van der Waals surface area contributed by atoms with Crippen molar-refractivity contribution in [1.29, 1.82) is 0 Å². The van der Waals surface area contributed by atoms with Crippen molar-refractivity contribution in [2.75, 3.05) is 5.32 Å². The van der Waals surface area contributed by atoms with E-state index in [1.165, 1.54) is 0 Å². The Kier molecular flexibility index (Phi) is 4.22. The number of benzene rings is 2. The van der Waals surface area contributed by atoms with Gasteiger partial charge in [-0.05, 0) is 48.5 Å². The lowest BCUT2D eigenvalue weighted by Gasteiger charge is -2.02. The quantitative estimate of drug-likeness (QED) is 0.725. The molecule has 0 unspecified atom stereocenters. The summed E-state index contributed by atoms with van der Waals surface area (Å²) in [5.41, 5.74) is 1.86. The van der Waals surface area contributed by atoms with Crippen LogP contribution in [-0.4, -0.2) is 10.1 Å². The summed E-state index contributed by atoms with van der Waals surface area (Å²) < 4.78 is 6.27. The third-order valence-corrected chi connectivity index (χ3v) is 3.64. The molecule has 106 valence electrons. The molecule has 0 bridgehead atoms. The molecule has 3 rings (SSSR count). The molecule has 0 radical (unpaired) electrons. The summed E-state index contributed by atoms with van der Waals surface area (Å²) in [6.07, 6.45) is 0. The summed E-state index contributed by atoms with van der Waals surface area (Å²) in [6.45, 7) is 0.474. The largest absolute Gasteiger partial charge is 0.376 e. The van der Waals surface area contributed by atoms with Crippen molar-refractivity contribution in [3.8, 4) is 11.4 Å². The Bertz CT molecular complexity index is 725. The molecule has 0 atom stereocenters. The second kappa shape index (κ2) is 6.28. The predicted octanol–water partition coefficient (Wildman–Crippen LogP) is 4.76. The van der Waals surface area contributed by atoms with E-state index in [2.05, 4.69) is 31.4 Å². The molecule has 0 aliphatic heterocycles. The maximum Gasteiger partial charge on any atom is 0.246 e. The number of hydrogen-bond acceptors (Lipinski definition) is 4. The first-order valence-electron chi connectivity index (χ1n) is 6.29. The van der Waals surface area contributed by atoms with Crippen LogP contribution in [-0.2, 0) is 6.54 Å². The predicted molar refractivity (Wildman–Crippen MR) is 86.2 cm³/mol. The fourth-order valence-electron chi connectivity index (χ4n) is 1.79. The van der Waals surface area contributed by atoms with Crippen LogP contribution in [0.25, 0.3) is 11.4 Å². The Labute approximate surface area is 135 Å². The summed E-state index contributed by atoms with van der Waals surface area (Å²) in [5, 5.41) is 7.87. The molecule has 1 N–H and O–H groups in total. The molecule has 0 aliphatic carbocycles. The number of hydrogen-bond donors (Lipinski definition) is 1. The van der Waals surface area contributed by atoms with Crippen molar-refractivity contribution in [2.45, 2.75) is 6.54 Å². The van der Waals surface area contributed by atoms with Crippen LogP contribution in [0.4, 0.5) is 5.69 Å². The Morgan fingerprint density at radius 1 is 1.05 bits per heavy atom. The van der Waals surface area contributed by atoms with Crippen molar-refractivity contribution in [3.63, 3.8) is 0 Å². The van der Waals surface area contributed by atoms with Crippen molar-refractivity contribution >= 4 is 33.2 Å². The molecule has 0 fully saturated rings. The molecule has 6 heteroatoms. The topological polar surface area (TPSA) is 51.0 Å². The zero-order chi connectivity index (χ0) is 14.7. The molecule has 0 saturated heterocycles. The van der Waals surface area contributed by atoms with Gasteiger partial charge in [-0.1, -0.05) is 32.7 Å². The number of nitrogens with zero attached hydrogens (tertiary/aromatic N) is 2. The summed E-state index contributed by atoms with van der Waals surface area (Å²) in [4.78, 5) is 4.35. The fourth-order valence-corrected chi connectivity index (χ4v) is 2.18. The highest BCUT2D eigenvalue weighted by Gasteiger charge is 2.08. The highest BCUT2D eigenvalue weighted by Crippen LogP contribution is 2.19. The van der Waals surface area contributed by atoms with E-state index in [0.717, 1.165) is 15.7 Å². The third kappa shape index (κ3) is 3.62. The van der Waals surface area contributed by atoms with E-state index in [-0.39, 0.29) is 0 Å². The molecular weight excluding hydrogens is 354 g/mol. The van der Waals surface area contributed by atoms with Gasteiger partial charge in [-0.15, -0.1) is 0 Å². The average molecular weight is 365 g/mol. The van der Waals surface area contributed by atoms with Gasteiger partial charge in [0.2, 0.25) is 11.7 Å². The number of aromatic nitrogens is 2. The second-order valence-corrected chi connectivity index (χ2v) is 5.73. The molecular formula is C15H11BrClN3O. The standard InChI is InChI=1S/C15H11BrClN3O/c16-11-3-7-13(8-4-11)18-9-14-19-15(20-21-14)10-1-5-12(17)6-2-10/h1-8,18H,9H2. The number of rotatable bonds is 4. The Morgan fingerprint density at radius 3 is 2.48 bits per heavy atom. The SMILES string of the molecule is Clc1ccc(-c2noc(CNc3ccc(Br)cc3)n2)cc1. The van der Waals surface area contributed by atoms with Gasteiger partial charge in [-0.3, -0.25) is 0 Å². The van der Waals surface area contributed by atoms with E-state index in [4.69, 9.17) is 16.1 Å². The van der Waals surface area contributed by atoms with Gasteiger partial charge in [-0.25, -0.2) is 0 Å². The Morgan fingerprint density at radius 2 is 1.76 bits per heavy atom. The van der Waals surface area contributed by atoms with E-state index in [1.54, 1.807) is 12.1 Å². The van der Waals surface area contributed by atoms with E-state index in [1.807, 2.05) is 36.4 Å². The Hall–Kier alpha value is -1.85. The van der Waals surface area contributed by atoms with Crippen molar-refractivity contribution < 1.29 is 4.52 Å². The van der Waals surface area contributed by atoms with Crippen LogP contribution in [0.2, 0.25) is 5.02 Å². The van der Waals surface area contributed by atoms with Crippen LogP contribution in [0.1, 0.15) is 5.89 Å². The number of anilines is 1. The van der Waals surface area contributed by atoms with Gasteiger partial charge in [-0.2, -0.15) is 4.98 Å². The summed E-state index contributed by atoms with van der Waals surface area (Å²) in [5.74, 6) is 1.09. The summed E-state index contributed by atoms with van der Waals surface area (Å²) in [7, 11) is 0. The fraction of sp³-hybridized carbons (Fsp3) is 0.0667. The van der Waals surface area contributed by atoms with Gasteiger partial charge in [0.05, 0.1) is 6.54 Å². The van der Waals surface area contributed by atoms with Crippen LogP contribution >= 0.6 is 27.5 Å². The van der Waals surface area contributed by atoms with Gasteiger partial charge in [0.1, 0.15) is 0 Å².